The molecular formula is C20H17FN4O2. The molecule has 1 aliphatic rings. The van der Waals surface area contributed by atoms with Crippen LogP contribution in [0.3, 0.4) is 0 Å². The molecule has 0 bridgehead atoms. The number of hydrogen-bond donors (Lipinski definition) is 2. The van der Waals surface area contributed by atoms with Gasteiger partial charge in [0, 0.05) is 36.5 Å². The van der Waals surface area contributed by atoms with E-state index in [2.05, 4.69) is 15.7 Å². The summed E-state index contributed by atoms with van der Waals surface area (Å²) in [6.07, 6.45) is 4.55. The highest BCUT2D eigenvalue weighted by atomic mass is 19.1. The van der Waals surface area contributed by atoms with Gasteiger partial charge >= 0.3 is 0 Å². The van der Waals surface area contributed by atoms with Gasteiger partial charge in [-0.05, 0) is 48.4 Å². The standard InChI is InChI=1S/C20H17FN4O2/c1-25-11-14(10-22-25)23-16-7-8-17(19-15(16)6-9-18(19)26)24-20(27)12-2-4-13(21)5-3-12/h2-5,7-8,10-11,23H,6,9H2,1H3,(H,24,27). The van der Waals surface area contributed by atoms with Crippen molar-refractivity contribution in [1.82, 2.24) is 9.78 Å². The van der Waals surface area contributed by atoms with E-state index in [1.165, 1.54) is 24.3 Å². The van der Waals surface area contributed by atoms with E-state index in [0.717, 1.165) is 16.9 Å². The lowest BCUT2D eigenvalue weighted by Crippen LogP contribution is -2.14. The van der Waals surface area contributed by atoms with Gasteiger partial charge in [-0.3, -0.25) is 14.3 Å². The Balaban J connectivity index is 1.64. The smallest absolute Gasteiger partial charge is 0.255 e. The summed E-state index contributed by atoms with van der Waals surface area (Å²) in [5.41, 5.74) is 3.85. The zero-order valence-electron chi connectivity index (χ0n) is 14.6. The van der Waals surface area contributed by atoms with Crippen LogP contribution in [0.4, 0.5) is 21.5 Å². The van der Waals surface area contributed by atoms with Gasteiger partial charge in [-0.15, -0.1) is 0 Å². The molecule has 6 nitrogen and oxygen atoms in total. The molecule has 0 saturated carbocycles. The Hall–Kier alpha value is -3.48. The largest absolute Gasteiger partial charge is 0.353 e. The summed E-state index contributed by atoms with van der Waals surface area (Å²) in [6.45, 7) is 0. The number of rotatable bonds is 4. The van der Waals surface area contributed by atoms with E-state index in [1.807, 2.05) is 19.3 Å². The summed E-state index contributed by atoms with van der Waals surface area (Å²) < 4.78 is 14.7. The molecule has 0 aliphatic heterocycles. The van der Waals surface area contributed by atoms with E-state index < -0.39 is 5.82 Å². The van der Waals surface area contributed by atoms with Crippen molar-refractivity contribution in [2.24, 2.45) is 7.05 Å². The number of benzene rings is 2. The number of anilines is 3. The molecule has 1 heterocycles. The Labute approximate surface area is 155 Å². The van der Waals surface area contributed by atoms with Crippen LogP contribution >= 0.6 is 0 Å². The first-order chi connectivity index (χ1) is 13.0. The zero-order valence-corrected chi connectivity index (χ0v) is 14.6. The molecule has 0 saturated heterocycles. The molecule has 0 unspecified atom stereocenters. The van der Waals surface area contributed by atoms with Crippen molar-refractivity contribution < 1.29 is 14.0 Å². The fourth-order valence-corrected chi connectivity index (χ4v) is 3.25. The molecule has 1 amide bonds. The Morgan fingerprint density at radius 3 is 2.56 bits per heavy atom. The molecule has 2 N–H and O–H groups in total. The maximum Gasteiger partial charge on any atom is 0.255 e. The monoisotopic (exact) mass is 364 g/mol. The summed E-state index contributed by atoms with van der Waals surface area (Å²) in [5.74, 6) is -0.799. The molecule has 3 aromatic rings. The van der Waals surface area contributed by atoms with Gasteiger partial charge in [0.25, 0.3) is 5.91 Å². The van der Waals surface area contributed by atoms with Crippen molar-refractivity contribution in [2.45, 2.75) is 12.8 Å². The van der Waals surface area contributed by atoms with Crippen LogP contribution in [0, 0.1) is 5.82 Å². The molecule has 4 rings (SSSR count). The Morgan fingerprint density at radius 2 is 1.85 bits per heavy atom. The normalized spacial score (nSPS) is 12.7. The number of Topliss-reactive ketones (excluding diaryl/α,β-unsaturated/α-hetero) is 1. The van der Waals surface area contributed by atoms with E-state index in [9.17, 15) is 14.0 Å². The second kappa shape index (κ2) is 6.68. The van der Waals surface area contributed by atoms with E-state index in [0.29, 0.717) is 29.7 Å². The molecule has 2 aromatic carbocycles. The minimum Gasteiger partial charge on any atom is -0.353 e. The predicted molar refractivity (Wildman–Crippen MR) is 99.9 cm³/mol. The number of amides is 1. The minimum absolute atomic E-state index is 0.00533. The fraction of sp³-hybridized carbons (Fsp3) is 0.150. The summed E-state index contributed by atoms with van der Waals surface area (Å²) in [4.78, 5) is 24.9. The van der Waals surface area contributed by atoms with Gasteiger partial charge in [-0.1, -0.05) is 0 Å². The van der Waals surface area contributed by atoms with Crippen molar-refractivity contribution in [2.75, 3.05) is 10.6 Å². The average molecular weight is 364 g/mol. The van der Waals surface area contributed by atoms with Gasteiger partial charge in [0.15, 0.2) is 5.78 Å². The van der Waals surface area contributed by atoms with Crippen LogP contribution in [0.15, 0.2) is 48.8 Å². The topological polar surface area (TPSA) is 76.0 Å². The Kier molecular flexibility index (Phi) is 4.19. The number of carbonyl (C=O) groups excluding carboxylic acids is 2. The number of nitrogens with zero attached hydrogens (tertiary/aromatic N) is 2. The fourth-order valence-electron chi connectivity index (χ4n) is 3.25. The van der Waals surface area contributed by atoms with Gasteiger partial charge in [0.05, 0.1) is 17.6 Å². The number of carbonyl (C=O) groups is 2. The number of ketones is 1. The van der Waals surface area contributed by atoms with Gasteiger partial charge in [0.2, 0.25) is 0 Å². The summed E-state index contributed by atoms with van der Waals surface area (Å²) in [6, 6.07) is 8.82. The third-order valence-corrected chi connectivity index (χ3v) is 4.53. The third kappa shape index (κ3) is 3.31. The second-order valence-corrected chi connectivity index (χ2v) is 6.43. The molecule has 1 aliphatic carbocycles. The maximum absolute atomic E-state index is 13.0. The van der Waals surface area contributed by atoms with E-state index in [1.54, 1.807) is 16.9 Å². The lowest BCUT2D eigenvalue weighted by molar-refractivity contribution is 0.0995. The number of halogens is 1. The quantitative estimate of drug-likeness (QED) is 0.740. The minimum atomic E-state index is -0.409. The predicted octanol–water partition coefficient (Wildman–Crippen LogP) is 3.68. The highest BCUT2D eigenvalue weighted by Crippen LogP contribution is 2.36. The van der Waals surface area contributed by atoms with Crippen molar-refractivity contribution in [3.8, 4) is 0 Å². The number of aryl methyl sites for hydroxylation is 1. The van der Waals surface area contributed by atoms with Crippen molar-refractivity contribution in [3.63, 3.8) is 0 Å². The van der Waals surface area contributed by atoms with Crippen LogP contribution in [-0.2, 0) is 13.5 Å². The summed E-state index contributed by atoms with van der Waals surface area (Å²) >= 11 is 0. The van der Waals surface area contributed by atoms with Crippen LogP contribution in [0.5, 0.6) is 0 Å². The van der Waals surface area contributed by atoms with E-state index in [4.69, 9.17) is 0 Å². The molecule has 0 spiro atoms. The van der Waals surface area contributed by atoms with E-state index >= 15 is 0 Å². The van der Waals surface area contributed by atoms with Crippen LogP contribution in [0.25, 0.3) is 0 Å². The van der Waals surface area contributed by atoms with Gasteiger partial charge in [0.1, 0.15) is 5.82 Å². The van der Waals surface area contributed by atoms with Gasteiger partial charge in [-0.2, -0.15) is 5.10 Å². The first kappa shape index (κ1) is 17.0. The third-order valence-electron chi connectivity index (χ3n) is 4.53. The first-order valence-electron chi connectivity index (χ1n) is 8.53. The van der Waals surface area contributed by atoms with Gasteiger partial charge in [-0.25, -0.2) is 4.39 Å². The van der Waals surface area contributed by atoms with Crippen LogP contribution in [0.2, 0.25) is 0 Å². The van der Waals surface area contributed by atoms with Crippen molar-refractivity contribution in [1.29, 1.82) is 0 Å². The van der Waals surface area contributed by atoms with Crippen LogP contribution < -0.4 is 10.6 Å². The number of nitrogens with one attached hydrogen (secondary N) is 2. The molecule has 1 aromatic heterocycles. The second-order valence-electron chi connectivity index (χ2n) is 6.43. The Morgan fingerprint density at radius 1 is 1.11 bits per heavy atom. The SMILES string of the molecule is Cn1cc(Nc2ccc(NC(=O)c3ccc(F)cc3)c3c2CCC3=O)cn1. The molecular weight excluding hydrogens is 347 g/mol. The van der Waals surface area contributed by atoms with Crippen molar-refractivity contribution >= 4 is 28.8 Å². The maximum atomic E-state index is 13.0. The van der Waals surface area contributed by atoms with Crippen LogP contribution in [0.1, 0.15) is 32.7 Å². The molecule has 0 radical (unpaired) electrons. The molecule has 7 heteroatoms. The molecule has 136 valence electrons. The molecule has 0 fully saturated rings. The number of aromatic nitrogens is 2. The lowest BCUT2D eigenvalue weighted by Gasteiger charge is -2.14. The highest BCUT2D eigenvalue weighted by molar-refractivity contribution is 6.12. The average Bonchev–Trinajstić information content (AvgIpc) is 3.24. The molecule has 27 heavy (non-hydrogen) atoms. The van der Waals surface area contributed by atoms with Crippen molar-refractivity contribution in [3.05, 3.63) is 71.3 Å². The summed E-state index contributed by atoms with van der Waals surface area (Å²) in [5, 5.41) is 10.2. The highest BCUT2D eigenvalue weighted by Gasteiger charge is 2.27. The summed E-state index contributed by atoms with van der Waals surface area (Å²) in [7, 11) is 1.83. The number of hydrogen-bond acceptors (Lipinski definition) is 4. The lowest BCUT2D eigenvalue weighted by atomic mass is 10.0. The van der Waals surface area contributed by atoms with E-state index in [-0.39, 0.29) is 11.7 Å². The Bertz CT molecular complexity index is 1040. The van der Waals surface area contributed by atoms with Crippen LogP contribution in [-0.4, -0.2) is 21.5 Å². The zero-order chi connectivity index (χ0) is 19.0. The molecule has 0 atom stereocenters. The number of fused-ring (bicyclic) bond motifs is 1. The van der Waals surface area contributed by atoms with Gasteiger partial charge < -0.3 is 10.6 Å². The first-order valence-corrected chi connectivity index (χ1v) is 8.53.